The van der Waals surface area contributed by atoms with Crippen LogP contribution in [0.25, 0.3) is 0 Å². The largest absolute Gasteiger partial charge is 0.495 e. The van der Waals surface area contributed by atoms with E-state index in [1.54, 1.807) is 24.4 Å². The molecule has 0 spiro atoms. The molecule has 0 saturated heterocycles. The van der Waals surface area contributed by atoms with E-state index < -0.39 is 0 Å². The Hall–Kier alpha value is -1.59. The summed E-state index contributed by atoms with van der Waals surface area (Å²) in [5, 5.41) is 3.38. The summed E-state index contributed by atoms with van der Waals surface area (Å²) in [6, 6.07) is 5.12. The highest BCUT2D eigenvalue weighted by Gasteiger charge is 2.12. The Balaban J connectivity index is 2.28. The first-order valence-corrected chi connectivity index (χ1v) is 6.33. The molecule has 0 bridgehead atoms. The molecular formula is C12H11ClN2O2S. The average Bonchev–Trinajstić information content (AvgIpc) is 2.87. The predicted molar refractivity (Wildman–Crippen MR) is 72.8 cm³/mol. The molecule has 6 heteroatoms. The van der Waals surface area contributed by atoms with Crippen LogP contribution in [0, 0.1) is 6.92 Å². The fourth-order valence-electron chi connectivity index (χ4n) is 1.45. The molecule has 0 unspecified atom stereocenters. The van der Waals surface area contributed by atoms with Crippen molar-refractivity contribution in [2.75, 3.05) is 12.4 Å². The number of nitrogens with one attached hydrogen (secondary N) is 1. The molecule has 2 rings (SSSR count). The van der Waals surface area contributed by atoms with Gasteiger partial charge in [0.15, 0.2) is 0 Å². The third-order valence-corrected chi connectivity index (χ3v) is 3.54. The first-order valence-electron chi connectivity index (χ1n) is 5.18. The number of ether oxygens (including phenoxy) is 1. The highest BCUT2D eigenvalue weighted by Crippen LogP contribution is 2.31. The first kappa shape index (κ1) is 12.9. The maximum atomic E-state index is 11.9. The van der Waals surface area contributed by atoms with E-state index in [0.717, 1.165) is 17.1 Å². The van der Waals surface area contributed by atoms with Crippen LogP contribution in [0.1, 0.15) is 15.2 Å². The lowest BCUT2D eigenvalue weighted by molar-refractivity contribution is 0.103. The molecule has 4 nitrogen and oxygen atoms in total. The Morgan fingerprint density at radius 2 is 2.28 bits per heavy atom. The van der Waals surface area contributed by atoms with E-state index in [2.05, 4.69) is 9.69 Å². The van der Waals surface area contributed by atoms with Crippen molar-refractivity contribution in [3.8, 4) is 5.75 Å². The van der Waals surface area contributed by atoms with Crippen LogP contribution in [0.15, 0.2) is 24.4 Å². The summed E-state index contributed by atoms with van der Waals surface area (Å²) < 4.78 is 9.08. The molecule has 0 atom stereocenters. The second kappa shape index (κ2) is 5.37. The van der Waals surface area contributed by atoms with Gasteiger partial charge in [-0.05, 0) is 36.2 Å². The lowest BCUT2D eigenvalue weighted by Gasteiger charge is -2.11. The van der Waals surface area contributed by atoms with E-state index in [1.807, 2.05) is 6.92 Å². The van der Waals surface area contributed by atoms with Crippen molar-refractivity contribution in [3.63, 3.8) is 0 Å². The van der Waals surface area contributed by atoms with E-state index in [4.69, 9.17) is 16.3 Å². The summed E-state index contributed by atoms with van der Waals surface area (Å²) >= 11 is 7.14. The number of carbonyl (C=O) groups excluding carboxylic acids is 1. The topological polar surface area (TPSA) is 51.2 Å². The molecule has 1 amide bonds. The zero-order valence-corrected chi connectivity index (χ0v) is 11.4. The van der Waals surface area contributed by atoms with E-state index in [-0.39, 0.29) is 5.91 Å². The van der Waals surface area contributed by atoms with Gasteiger partial charge in [0.25, 0.3) is 5.91 Å². The summed E-state index contributed by atoms with van der Waals surface area (Å²) in [6.07, 6.45) is 1.59. The molecule has 2 aromatic rings. The van der Waals surface area contributed by atoms with Gasteiger partial charge in [0.05, 0.1) is 12.8 Å². The number of amides is 1. The third kappa shape index (κ3) is 2.63. The zero-order chi connectivity index (χ0) is 13.1. The van der Waals surface area contributed by atoms with Gasteiger partial charge < -0.3 is 10.1 Å². The molecule has 0 saturated carbocycles. The summed E-state index contributed by atoms with van der Waals surface area (Å²) in [5.74, 6) is 0.320. The Labute approximate surface area is 114 Å². The zero-order valence-electron chi connectivity index (χ0n) is 9.86. The van der Waals surface area contributed by atoms with Gasteiger partial charge in [-0.1, -0.05) is 11.6 Å². The summed E-state index contributed by atoms with van der Waals surface area (Å²) in [6.45, 7) is 1.87. The monoisotopic (exact) mass is 282 g/mol. The Kier molecular flexibility index (Phi) is 3.84. The molecule has 0 radical (unpaired) electrons. The second-order valence-corrected chi connectivity index (χ2v) is 4.87. The number of carbonyl (C=O) groups is 1. The lowest BCUT2D eigenvalue weighted by atomic mass is 10.2. The first-order chi connectivity index (χ1) is 8.61. The van der Waals surface area contributed by atoms with Gasteiger partial charge in [-0.25, -0.2) is 4.37 Å². The molecular weight excluding hydrogens is 272 g/mol. The van der Waals surface area contributed by atoms with Gasteiger partial charge in [-0.2, -0.15) is 0 Å². The highest BCUT2D eigenvalue weighted by molar-refractivity contribution is 7.08. The van der Waals surface area contributed by atoms with Crippen molar-refractivity contribution in [1.82, 2.24) is 4.37 Å². The molecule has 1 aromatic carbocycles. The molecule has 0 fully saturated rings. The van der Waals surface area contributed by atoms with Crippen LogP contribution in [-0.2, 0) is 0 Å². The molecule has 0 aliphatic carbocycles. The molecule has 18 heavy (non-hydrogen) atoms. The van der Waals surface area contributed by atoms with Crippen molar-refractivity contribution in [3.05, 3.63) is 39.9 Å². The number of methoxy groups -OCH3 is 1. The van der Waals surface area contributed by atoms with Crippen molar-refractivity contribution in [2.45, 2.75) is 6.92 Å². The minimum Gasteiger partial charge on any atom is -0.495 e. The van der Waals surface area contributed by atoms with Crippen LogP contribution in [0.3, 0.4) is 0 Å². The van der Waals surface area contributed by atoms with Gasteiger partial charge in [0, 0.05) is 17.3 Å². The maximum Gasteiger partial charge on any atom is 0.267 e. The second-order valence-electron chi connectivity index (χ2n) is 3.63. The summed E-state index contributed by atoms with van der Waals surface area (Å²) in [7, 11) is 1.53. The lowest BCUT2D eigenvalue weighted by Crippen LogP contribution is -2.11. The van der Waals surface area contributed by atoms with Gasteiger partial charge in [-0.3, -0.25) is 4.79 Å². The molecule has 1 aromatic heterocycles. The highest BCUT2D eigenvalue weighted by atomic mass is 35.5. The van der Waals surface area contributed by atoms with E-state index >= 15 is 0 Å². The fourth-order valence-corrected chi connectivity index (χ4v) is 2.09. The molecule has 0 aliphatic rings. The number of halogens is 1. The summed E-state index contributed by atoms with van der Waals surface area (Å²) in [5.41, 5.74) is 1.47. The standard InChI is InChI=1S/C12H11ClN2O2S/c1-7-5-9(10(17-2)6-8(7)13)15-12(16)11-3-4-14-18-11/h3-6H,1-2H3,(H,15,16). The van der Waals surface area contributed by atoms with Gasteiger partial charge in [0.2, 0.25) is 0 Å². The van der Waals surface area contributed by atoms with Crippen molar-refractivity contribution < 1.29 is 9.53 Å². The SMILES string of the molecule is COc1cc(Cl)c(C)cc1NC(=O)c1ccns1. The number of aromatic nitrogens is 1. The molecule has 1 heterocycles. The van der Waals surface area contributed by atoms with Gasteiger partial charge in [-0.15, -0.1) is 0 Å². The van der Waals surface area contributed by atoms with Gasteiger partial charge >= 0.3 is 0 Å². The number of hydrogen-bond donors (Lipinski definition) is 1. The van der Waals surface area contributed by atoms with Crippen molar-refractivity contribution in [2.24, 2.45) is 0 Å². The van der Waals surface area contributed by atoms with E-state index in [9.17, 15) is 4.79 Å². The Bertz CT molecular complexity index is 570. The van der Waals surface area contributed by atoms with E-state index in [1.165, 1.54) is 7.11 Å². The Morgan fingerprint density at radius 1 is 1.50 bits per heavy atom. The number of benzene rings is 1. The smallest absolute Gasteiger partial charge is 0.267 e. The minimum absolute atomic E-state index is 0.211. The average molecular weight is 283 g/mol. The van der Waals surface area contributed by atoms with Crippen LogP contribution in [0.4, 0.5) is 5.69 Å². The van der Waals surface area contributed by atoms with Crippen molar-refractivity contribution in [1.29, 1.82) is 0 Å². The van der Waals surface area contributed by atoms with Crippen LogP contribution in [-0.4, -0.2) is 17.4 Å². The van der Waals surface area contributed by atoms with Gasteiger partial charge in [0.1, 0.15) is 10.6 Å². The normalized spacial score (nSPS) is 10.2. The number of aryl methyl sites for hydroxylation is 1. The van der Waals surface area contributed by atoms with Crippen molar-refractivity contribution >= 4 is 34.7 Å². The van der Waals surface area contributed by atoms with E-state index in [0.29, 0.717) is 21.3 Å². The van der Waals surface area contributed by atoms with Crippen LogP contribution in [0.5, 0.6) is 5.75 Å². The third-order valence-electron chi connectivity index (χ3n) is 2.39. The number of rotatable bonds is 3. The number of nitrogens with zero attached hydrogens (tertiary/aromatic N) is 1. The molecule has 0 aliphatic heterocycles. The maximum absolute atomic E-state index is 11.9. The Morgan fingerprint density at radius 3 is 2.89 bits per heavy atom. The molecule has 1 N–H and O–H groups in total. The summed E-state index contributed by atoms with van der Waals surface area (Å²) in [4.78, 5) is 12.5. The van der Waals surface area contributed by atoms with Crippen LogP contribution >= 0.6 is 23.1 Å². The minimum atomic E-state index is -0.211. The molecule has 94 valence electrons. The number of anilines is 1. The number of hydrogen-bond acceptors (Lipinski definition) is 4. The predicted octanol–water partition coefficient (Wildman–Crippen LogP) is 3.37. The fraction of sp³-hybridized carbons (Fsp3) is 0.167. The van der Waals surface area contributed by atoms with Crippen LogP contribution in [0.2, 0.25) is 5.02 Å². The quantitative estimate of drug-likeness (QED) is 0.939. The van der Waals surface area contributed by atoms with Crippen LogP contribution < -0.4 is 10.1 Å².